The lowest BCUT2D eigenvalue weighted by molar-refractivity contribution is -0.120. The van der Waals surface area contributed by atoms with Crippen LogP contribution in [-0.4, -0.2) is 32.6 Å². The number of hydrogen-bond acceptors (Lipinski definition) is 4. The maximum absolute atomic E-state index is 11.7. The van der Waals surface area contributed by atoms with E-state index in [-0.39, 0.29) is 18.4 Å². The Hall–Kier alpha value is -1.72. The molecule has 0 saturated heterocycles. The second kappa shape index (κ2) is 5.56. The van der Waals surface area contributed by atoms with Crippen molar-refractivity contribution < 1.29 is 4.79 Å². The van der Waals surface area contributed by atoms with Crippen LogP contribution in [0.4, 0.5) is 0 Å². The van der Waals surface area contributed by atoms with Crippen molar-refractivity contribution in [2.24, 2.45) is 0 Å². The smallest absolute Gasteiger partial charge is 0.228 e. The molecule has 0 saturated carbocycles. The van der Waals surface area contributed by atoms with Crippen LogP contribution >= 0.6 is 0 Å². The number of hydrogen-bond donors (Lipinski definition) is 2. The second-order valence-corrected chi connectivity index (χ2v) is 4.32. The maximum atomic E-state index is 11.7. The monoisotopic (exact) mass is 235 g/mol. The van der Waals surface area contributed by atoms with Gasteiger partial charge < -0.3 is 5.32 Å². The summed E-state index contributed by atoms with van der Waals surface area (Å²) < 4.78 is 0. The van der Waals surface area contributed by atoms with Crippen LogP contribution in [0, 0.1) is 0 Å². The number of aromatic nitrogens is 4. The lowest BCUT2D eigenvalue weighted by Crippen LogP contribution is -2.35. The Bertz CT molecular complexity index is 398. The highest BCUT2D eigenvalue weighted by Gasteiger charge is 2.15. The standard InChI is InChI=1S/C11H17N5O/c1-8(9-5-3-2-4-6-9)12-11(17)7-10-13-15-16-14-10/h5,8H,2-4,6-7H2,1H3,(H,12,17)(H,13,14,15,16). The van der Waals surface area contributed by atoms with Gasteiger partial charge in [-0.05, 0) is 32.6 Å². The van der Waals surface area contributed by atoms with E-state index in [1.807, 2.05) is 6.92 Å². The topological polar surface area (TPSA) is 83.6 Å². The molecule has 1 aromatic heterocycles. The van der Waals surface area contributed by atoms with Gasteiger partial charge in [0, 0.05) is 6.04 Å². The van der Waals surface area contributed by atoms with E-state index in [4.69, 9.17) is 0 Å². The summed E-state index contributed by atoms with van der Waals surface area (Å²) in [5, 5.41) is 16.2. The first-order chi connectivity index (χ1) is 8.25. The predicted molar refractivity (Wildman–Crippen MR) is 62.0 cm³/mol. The minimum absolute atomic E-state index is 0.0645. The number of H-pyrrole nitrogens is 1. The molecular weight excluding hydrogens is 218 g/mol. The molecule has 2 N–H and O–H groups in total. The minimum atomic E-state index is -0.0645. The average Bonchev–Trinajstić information content (AvgIpc) is 2.82. The number of tetrazole rings is 1. The van der Waals surface area contributed by atoms with Crippen LogP contribution in [0.2, 0.25) is 0 Å². The number of rotatable bonds is 4. The Kier molecular flexibility index (Phi) is 3.85. The quantitative estimate of drug-likeness (QED) is 0.754. The first kappa shape index (κ1) is 11.8. The number of nitrogens with one attached hydrogen (secondary N) is 2. The highest BCUT2D eigenvalue weighted by molar-refractivity contribution is 5.78. The maximum Gasteiger partial charge on any atom is 0.228 e. The van der Waals surface area contributed by atoms with Gasteiger partial charge in [-0.15, -0.1) is 10.2 Å². The molecule has 0 radical (unpaired) electrons. The highest BCUT2D eigenvalue weighted by Crippen LogP contribution is 2.19. The zero-order valence-electron chi connectivity index (χ0n) is 9.94. The molecule has 2 rings (SSSR count). The number of allylic oxidation sites excluding steroid dienone is 1. The van der Waals surface area contributed by atoms with E-state index in [0.29, 0.717) is 5.82 Å². The summed E-state index contributed by atoms with van der Waals surface area (Å²) in [5.41, 5.74) is 1.33. The van der Waals surface area contributed by atoms with Gasteiger partial charge in [0.05, 0.1) is 6.42 Å². The normalized spacial score (nSPS) is 17.4. The van der Waals surface area contributed by atoms with Crippen molar-refractivity contribution in [3.05, 3.63) is 17.5 Å². The summed E-state index contributed by atoms with van der Waals surface area (Å²) in [6.07, 6.45) is 7.10. The van der Waals surface area contributed by atoms with E-state index >= 15 is 0 Å². The summed E-state index contributed by atoms with van der Waals surface area (Å²) in [4.78, 5) is 11.7. The molecule has 0 spiro atoms. The molecule has 0 aliphatic heterocycles. The van der Waals surface area contributed by atoms with Crippen LogP contribution in [0.25, 0.3) is 0 Å². The number of amides is 1. The number of carbonyl (C=O) groups is 1. The van der Waals surface area contributed by atoms with E-state index in [9.17, 15) is 4.79 Å². The SMILES string of the molecule is CC(NC(=O)Cc1nn[nH]n1)C1=CCCCC1. The van der Waals surface area contributed by atoms with Crippen molar-refractivity contribution in [1.29, 1.82) is 0 Å². The van der Waals surface area contributed by atoms with E-state index in [0.717, 1.165) is 12.8 Å². The first-order valence-corrected chi connectivity index (χ1v) is 5.96. The molecule has 17 heavy (non-hydrogen) atoms. The average molecular weight is 235 g/mol. The molecular formula is C11H17N5O. The zero-order valence-corrected chi connectivity index (χ0v) is 9.94. The van der Waals surface area contributed by atoms with E-state index in [1.54, 1.807) is 0 Å². The van der Waals surface area contributed by atoms with Crippen molar-refractivity contribution >= 4 is 5.91 Å². The summed E-state index contributed by atoms with van der Waals surface area (Å²) in [6.45, 7) is 2.02. The lowest BCUT2D eigenvalue weighted by atomic mass is 9.95. The highest BCUT2D eigenvalue weighted by atomic mass is 16.1. The van der Waals surface area contributed by atoms with Crippen molar-refractivity contribution in [3.63, 3.8) is 0 Å². The fourth-order valence-corrected chi connectivity index (χ4v) is 2.04. The van der Waals surface area contributed by atoms with Gasteiger partial charge in [-0.3, -0.25) is 4.79 Å². The van der Waals surface area contributed by atoms with Crippen molar-refractivity contribution in [3.8, 4) is 0 Å². The van der Waals surface area contributed by atoms with Gasteiger partial charge in [0.15, 0.2) is 5.82 Å². The van der Waals surface area contributed by atoms with Gasteiger partial charge in [-0.1, -0.05) is 16.9 Å². The molecule has 1 atom stereocenters. The molecule has 1 unspecified atom stereocenters. The Labute approximate surface area is 99.9 Å². The molecule has 1 amide bonds. The molecule has 92 valence electrons. The fraction of sp³-hybridized carbons (Fsp3) is 0.636. The van der Waals surface area contributed by atoms with Crippen LogP contribution in [-0.2, 0) is 11.2 Å². The van der Waals surface area contributed by atoms with Gasteiger partial charge in [0.25, 0.3) is 0 Å². The fourth-order valence-electron chi connectivity index (χ4n) is 2.04. The molecule has 1 aliphatic rings. The zero-order chi connectivity index (χ0) is 12.1. The third-order valence-corrected chi connectivity index (χ3v) is 2.97. The van der Waals surface area contributed by atoms with Crippen LogP contribution in [0.1, 0.15) is 38.4 Å². The van der Waals surface area contributed by atoms with Crippen molar-refractivity contribution in [2.45, 2.75) is 45.1 Å². The van der Waals surface area contributed by atoms with Gasteiger partial charge in [-0.25, -0.2) is 0 Å². The van der Waals surface area contributed by atoms with E-state index < -0.39 is 0 Å². The van der Waals surface area contributed by atoms with Crippen LogP contribution in [0.5, 0.6) is 0 Å². The third-order valence-electron chi connectivity index (χ3n) is 2.97. The Balaban J connectivity index is 1.83. The van der Waals surface area contributed by atoms with Crippen molar-refractivity contribution in [2.75, 3.05) is 0 Å². The minimum Gasteiger partial charge on any atom is -0.350 e. The molecule has 0 aromatic carbocycles. The lowest BCUT2D eigenvalue weighted by Gasteiger charge is -2.20. The first-order valence-electron chi connectivity index (χ1n) is 5.96. The van der Waals surface area contributed by atoms with Gasteiger partial charge >= 0.3 is 0 Å². The summed E-state index contributed by atoms with van der Waals surface area (Å²) in [6, 6.07) is 0.106. The van der Waals surface area contributed by atoms with Crippen LogP contribution in [0.15, 0.2) is 11.6 Å². The molecule has 1 heterocycles. The molecule has 1 aromatic rings. The Morgan fingerprint density at radius 1 is 1.59 bits per heavy atom. The summed E-state index contributed by atoms with van der Waals surface area (Å²) in [5.74, 6) is 0.359. The summed E-state index contributed by atoms with van der Waals surface area (Å²) >= 11 is 0. The molecule has 1 aliphatic carbocycles. The second-order valence-electron chi connectivity index (χ2n) is 4.32. The van der Waals surface area contributed by atoms with E-state index in [1.165, 1.54) is 18.4 Å². The van der Waals surface area contributed by atoms with Crippen LogP contribution < -0.4 is 5.32 Å². The van der Waals surface area contributed by atoms with E-state index in [2.05, 4.69) is 32.0 Å². The van der Waals surface area contributed by atoms with Crippen molar-refractivity contribution in [1.82, 2.24) is 25.9 Å². The summed E-state index contributed by atoms with van der Waals surface area (Å²) in [7, 11) is 0. The number of aromatic amines is 1. The predicted octanol–water partition coefficient (Wildman–Crippen LogP) is 0.747. The van der Waals surface area contributed by atoms with Gasteiger partial charge in [0.2, 0.25) is 5.91 Å². The molecule has 0 bridgehead atoms. The largest absolute Gasteiger partial charge is 0.350 e. The molecule has 0 fully saturated rings. The molecule has 6 nitrogen and oxygen atoms in total. The number of nitrogens with zero attached hydrogens (tertiary/aromatic N) is 3. The van der Waals surface area contributed by atoms with Crippen LogP contribution in [0.3, 0.4) is 0 Å². The third kappa shape index (κ3) is 3.37. The van der Waals surface area contributed by atoms with Gasteiger partial charge in [-0.2, -0.15) is 5.21 Å². The number of carbonyl (C=O) groups excluding carboxylic acids is 1. The Morgan fingerprint density at radius 3 is 3.12 bits per heavy atom. The Morgan fingerprint density at radius 2 is 2.47 bits per heavy atom. The van der Waals surface area contributed by atoms with Gasteiger partial charge in [0.1, 0.15) is 0 Å². The molecule has 6 heteroatoms.